The quantitative estimate of drug-likeness (QED) is 0.766. The molecule has 0 saturated carbocycles. The first kappa shape index (κ1) is 12.7. The van der Waals surface area contributed by atoms with E-state index in [1.807, 2.05) is 24.1 Å². The van der Waals surface area contributed by atoms with Crippen LogP contribution in [-0.2, 0) is 6.54 Å². The van der Waals surface area contributed by atoms with Crippen molar-refractivity contribution in [3.8, 4) is 0 Å². The van der Waals surface area contributed by atoms with Crippen LogP contribution < -0.4 is 5.73 Å². The first-order valence-corrected chi connectivity index (χ1v) is 5.24. The highest BCUT2D eigenvalue weighted by molar-refractivity contribution is 5.92. The average Bonchev–Trinajstić information content (AvgIpc) is 2.16. The number of carbonyl (C=O) groups excluding carboxylic acids is 1. The summed E-state index contributed by atoms with van der Waals surface area (Å²) in [6.45, 7) is 3.12. The lowest BCUT2D eigenvalue weighted by atomic mass is 10.1. The van der Waals surface area contributed by atoms with Crippen molar-refractivity contribution in [1.82, 2.24) is 4.90 Å². The fourth-order valence-electron chi connectivity index (χ4n) is 1.60. The molecule has 0 aliphatic carbocycles. The highest BCUT2D eigenvalue weighted by Gasteiger charge is 2.04. The van der Waals surface area contributed by atoms with Gasteiger partial charge in [0.2, 0.25) is 5.91 Å². The Morgan fingerprint density at radius 1 is 1.44 bits per heavy atom. The van der Waals surface area contributed by atoms with Crippen molar-refractivity contribution in [2.75, 3.05) is 13.6 Å². The van der Waals surface area contributed by atoms with Crippen LogP contribution in [-0.4, -0.2) is 35.6 Å². The van der Waals surface area contributed by atoms with Crippen molar-refractivity contribution in [1.29, 1.82) is 0 Å². The number of rotatable bonds is 5. The van der Waals surface area contributed by atoms with Crippen LogP contribution in [0.4, 0.5) is 0 Å². The number of primary amides is 1. The molecule has 1 amide bonds. The number of benzene rings is 1. The van der Waals surface area contributed by atoms with E-state index in [1.54, 1.807) is 19.1 Å². The molecule has 0 saturated heterocycles. The molecule has 88 valence electrons. The van der Waals surface area contributed by atoms with Gasteiger partial charge in [0, 0.05) is 18.7 Å². The maximum absolute atomic E-state index is 10.9. The molecule has 0 bridgehead atoms. The van der Waals surface area contributed by atoms with Crippen molar-refractivity contribution in [3.63, 3.8) is 0 Å². The minimum Gasteiger partial charge on any atom is -0.392 e. The third kappa shape index (κ3) is 4.00. The monoisotopic (exact) mass is 222 g/mol. The summed E-state index contributed by atoms with van der Waals surface area (Å²) in [4.78, 5) is 12.9. The van der Waals surface area contributed by atoms with Crippen LogP contribution in [0.5, 0.6) is 0 Å². The fraction of sp³-hybridized carbons (Fsp3) is 0.417. The molecule has 16 heavy (non-hydrogen) atoms. The molecule has 0 fully saturated rings. The van der Waals surface area contributed by atoms with Gasteiger partial charge in [-0.25, -0.2) is 0 Å². The summed E-state index contributed by atoms with van der Waals surface area (Å²) in [5.41, 5.74) is 6.76. The number of hydrogen-bond acceptors (Lipinski definition) is 3. The molecule has 1 aromatic carbocycles. The molecule has 4 nitrogen and oxygen atoms in total. The highest BCUT2D eigenvalue weighted by atomic mass is 16.3. The predicted molar refractivity (Wildman–Crippen MR) is 63.0 cm³/mol. The lowest BCUT2D eigenvalue weighted by Crippen LogP contribution is -2.26. The zero-order chi connectivity index (χ0) is 12.1. The third-order valence-electron chi connectivity index (χ3n) is 2.27. The van der Waals surface area contributed by atoms with Crippen molar-refractivity contribution in [2.24, 2.45) is 5.73 Å². The third-order valence-corrected chi connectivity index (χ3v) is 2.27. The van der Waals surface area contributed by atoms with Crippen molar-refractivity contribution >= 4 is 5.91 Å². The second-order valence-electron chi connectivity index (χ2n) is 4.11. The number of nitrogens with zero attached hydrogens (tertiary/aromatic N) is 1. The van der Waals surface area contributed by atoms with Gasteiger partial charge in [-0.1, -0.05) is 12.1 Å². The zero-order valence-corrected chi connectivity index (χ0v) is 9.68. The van der Waals surface area contributed by atoms with Crippen molar-refractivity contribution in [3.05, 3.63) is 35.4 Å². The second kappa shape index (κ2) is 5.63. The normalized spacial score (nSPS) is 12.8. The van der Waals surface area contributed by atoms with Gasteiger partial charge in [0.1, 0.15) is 0 Å². The van der Waals surface area contributed by atoms with Gasteiger partial charge in [0.25, 0.3) is 0 Å². The van der Waals surface area contributed by atoms with Gasteiger partial charge in [-0.2, -0.15) is 0 Å². The maximum atomic E-state index is 10.9. The van der Waals surface area contributed by atoms with E-state index in [9.17, 15) is 9.90 Å². The predicted octanol–water partition coefficient (Wildman–Crippen LogP) is 0.598. The summed E-state index contributed by atoms with van der Waals surface area (Å²) >= 11 is 0. The summed E-state index contributed by atoms with van der Waals surface area (Å²) < 4.78 is 0. The van der Waals surface area contributed by atoms with Gasteiger partial charge in [-0.15, -0.1) is 0 Å². The largest absolute Gasteiger partial charge is 0.392 e. The van der Waals surface area contributed by atoms with E-state index in [0.717, 1.165) is 12.1 Å². The van der Waals surface area contributed by atoms with E-state index in [-0.39, 0.29) is 6.10 Å². The molecule has 3 N–H and O–H groups in total. The molecular formula is C12H18N2O2. The summed E-state index contributed by atoms with van der Waals surface area (Å²) in [6, 6.07) is 7.18. The van der Waals surface area contributed by atoms with E-state index in [1.165, 1.54) is 0 Å². The standard InChI is InChI=1S/C12H18N2O2/c1-9(15)7-14(2)8-10-3-5-11(6-4-10)12(13)16/h3-6,9,15H,7-8H2,1-2H3,(H2,13,16). The highest BCUT2D eigenvalue weighted by Crippen LogP contribution is 2.06. The van der Waals surface area contributed by atoms with Crippen LogP contribution in [0.3, 0.4) is 0 Å². The molecule has 0 spiro atoms. The molecule has 0 aliphatic rings. The number of aliphatic hydroxyl groups is 1. The van der Waals surface area contributed by atoms with Crippen LogP contribution in [0.2, 0.25) is 0 Å². The van der Waals surface area contributed by atoms with Gasteiger partial charge < -0.3 is 10.8 Å². The average molecular weight is 222 g/mol. The SMILES string of the molecule is CC(O)CN(C)Cc1ccc(C(N)=O)cc1. The van der Waals surface area contributed by atoms with E-state index >= 15 is 0 Å². The van der Waals surface area contributed by atoms with Crippen LogP contribution >= 0.6 is 0 Å². The summed E-state index contributed by atoms with van der Waals surface area (Å²) in [5, 5.41) is 9.21. The van der Waals surface area contributed by atoms with Gasteiger partial charge in [0.15, 0.2) is 0 Å². The van der Waals surface area contributed by atoms with E-state index in [4.69, 9.17) is 5.73 Å². The molecule has 1 atom stereocenters. The molecule has 0 aromatic heterocycles. The number of amides is 1. The Bertz CT molecular complexity index is 347. The molecule has 1 rings (SSSR count). The second-order valence-corrected chi connectivity index (χ2v) is 4.11. The Hall–Kier alpha value is -1.39. The Morgan fingerprint density at radius 2 is 2.00 bits per heavy atom. The minimum atomic E-state index is -0.413. The molecule has 0 heterocycles. The number of likely N-dealkylation sites (N-methyl/N-ethyl adjacent to an activating group) is 1. The molecule has 4 heteroatoms. The minimum absolute atomic E-state index is 0.338. The fourth-order valence-corrected chi connectivity index (χ4v) is 1.60. The smallest absolute Gasteiger partial charge is 0.248 e. The zero-order valence-electron chi connectivity index (χ0n) is 9.68. The molecule has 0 aliphatic heterocycles. The van der Waals surface area contributed by atoms with E-state index in [2.05, 4.69) is 0 Å². The number of hydrogen-bond donors (Lipinski definition) is 2. The first-order valence-electron chi connectivity index (χ1n) is 5.24. The van der Waals surface area contributed by atoms with Crippen LogP contribution in [0.1, 0.15) is 22.8 Å². The van der Waals surface area contributed by atoms with Crippen molar-refractivity contribution in [2.45, 2.75) is 19.6 Å². The van der Waals surface area contributed by atoms with E-state index < -0.39 is 5.91 Å². The Balaban J connectivity index is 2.58. The van der Waals surface area contributed by atoms with Crippen LogP contribution in [0.15, 0.2) is 24.3 Å². The van der Waals surface area contributed by atoms with E-state index in [0.29, 0.717) is 12.1 Å². The maximum Gasteiger partial charge on any atom is 0.248 e. The molecule has 0 radical (unpaired) electrons. The summed E-state index contributed by atoms with van der Waals surface area (Å²) in [7, 11) is 1.94. The van der Waals surface area contributed by atoms with Gasteiger partial charge in [-0.3, -0.25) is 9.69 Å². The van der Waals surface area contributed by atoms with Crippen LogP contribution in [0.25, 0.3) is 0 Å². The Morgan fingerprint density at radius 3 is 2.44 bits per heavy atom. The lowest BCUT2D eigenvalue weighted by molar-refractivity contribution is 0.100. The number of aliphatic hydroxyl groups excluding tert-OH is 1. The Labute approximate surface area is 95.7 Å². The van der Waals surface area contributed by atoms with Crippen molar-refractivity contribution < 1.29 is 9.90 Å². The molecule has 1 unspecified atom stereocenters. The Kier molecular flexibility index (Phi) is 4.46. The summed E-state index contributed by atoms with van der Waals surface area (Å²) in [6.07, 6.45) is -0.338. The van der Waals surface area contributed by atoms with Gasteiger partial charge in [-0.05, 0) is 31.7 Å². The number of nitrogens with two attached hydrogens (primary N) is 1. The molecule has 1 aromatic rings. The van der Waals surface area contributed by atoms with Gasteiger partial charge >= 0.3 is 0 Å². The number of carbonyl (C=O) groups is 1. The topological polar surface area (TPSA) is 66.6 Å². The molecular weight excluding hydrogens is 204 g/mol. The first-order chi connectivity index (χ1) is 7.49. The van der Waals surface area contributed by atoms with Crippen LogP contribution in [0, 0.1) is 0 Å². The van der Waals surface area contributed by atoms with Gasteiger partial charge in [0.05, 0.1) is 6.10 Å². The lowest BCUT2D eigenvalue weighted by Gasteiger charge is -2.18. The summed E-state index contributed by atoms with van der Waals surface area (Å²) in [5.74, 6) is -0.413.